The van der Waals surface area contributed by atoms with Gasteiger partial charge in [-0.05, 0) is 52.9 Å². The van der Waals surface area contributed by atoms with E-state index in [4.69, 9.17) is 4.74 Å². The second-order valence-electron chi connectivity index (χ2n) is 11.1. The van der Waals surface area contributed by atoms with E-state index >= 15 is 0 Å². The SMILES string of the molecule is COc1ccccc1C(c1cccc2ccccc12)[C@@](C)(C#N)C(=O)N1CCN(c2cccc(C(C)C)c2)CC1. The molecule has 1 heterocycles. The van der Waals surface area contributed by atoms with Gasteiger partial charge in [-0.25, -0.2) is 0 Å². The minimum Gasteiger partial charge on any atom is -0.496 e. The number of carbonyl (C=O) groups excluding carboxylic acids is 1. The van der Waals surface area contributed by atoms with E-state index in [1.165, 1.54) is 11.3 Å². The average Bonchev–Trinajstić information content (AvgIpc) is 3.01. The molecule has 1 unspecified atom stereocenters. The van der Waals surface area contributed by atoms with E-state index in [0.717, 1.165) is 35.0 Å². The number of nitrogens with zero attached hydrogens (tertiary/aromatic N) is 3. The molecule has 4 aromatic carbocycles. The fraction of sp³-hybridized carbons (Fsp3) is 0.314. The summed E-state index contributed by atoms with van der Waals surface area (Å²) in [6.07, 6.45) is 0. The lowest BCUT2D eigenvalue weighted by atomic mass is 9.68. The van der Waals surface area contributed by atoms with Gasteiger partial charge in [-0.2, -0.15) is 5.26 Å². The molecule has 2 atom stereocenters. The standard InChI is InChI=1S/C35H37N3O2/c1-25(2)27-13-9-14-28(23-27)37-19-21-38(22-20-37)34(39)35(3,24-36)33(31-16-7-8-18-32(31)40-4)30-17-10-12-26-11-5-6-15-29(26)30/h5-18,23,25,33H,19-22H2,1-4H3/t33?,35-/m1/s1. The lowest BCUT2D eigenvalue weighted by Gasteiger charge is -2.41. The lowest BCUT2D eigenvalue weighted by Crippen LogP contribution is -2.53. The van der Waals surface area contributed by atoms with Gasteiger partial charge in [0, 0.05) is 43.3 Å². The summed E-state index contributed by atoms with van der Waals surface area (Å²) in [6, 6.07) is 33.2. The summed E-state index contributed by atoms with van der Waals surface area (Å²) in [7, 11) is 1.64. The molecule has 0 radical (unpaired) electrons. The first-order valence-corrected chi connectivity index (χ1v) is 14.0. The van der Waals surface area contributed by atoms with Crippen LogP contribution in [0, 0.1) is 16.7 Å². The number of ether oxygens (including phenoxy) is 1. The molecule has 204 valence electrons. The molecule has 0 spiro atoms. The molecule has 0 N–H and O–H groups in total. The Bertz CT molecular complexity index is 1540. The normalized spacial score (nSPS) is 15.9. The molecule has 0 bridgehead atoms. The molecule has 0 saturated carbocycles. The summed E-state index contributed by atoms with van der Waals surface area (Å²) in [5, 5.41) is 12.9. The minimum atomic E-state index is -1.35. The predicted octanol–water partition coefficient (Wildman–Crippen LogP) is 6.98. The van der Waals surface area contributed by atoms with Gasteiger partial charge in [0.05, 0.1) is 13.2 Å². The Morgan fingerprint density at radius 1 is 0.875 bits per heavy atom. The highest BCUT2D eigenvalue weighted by Crippen LogP contribution is 2.47. The quantitative estimate of drug-likeness (QED) is 0.258. The van der Waals surface area contributed by atoms with Gasteiger partial charge in [0.15, 0.2) is 0 Å². The molecule has 5 nitrogen and oxygen atoms in total. The third-order valence-electron chi connectivity index (χ3n) is 8.31. The molecule has 4 aromatic rings. The Balaban J connectivity index is 1.51. The molecule has 40 heavy (non-hydrogen) atoms. The Morgan fingerprint density at radius 3 is 2.25 bits per heavy atom. The molecular formula is C35H37N3O2. The zero-order valence-electron chi connectivity index (χ0n) is 23.8. The highest BCUT2D eigenvalue weighted by atomic mass is 16.5. The lowest BCUT2D eigenvalue weighted by molar-refractivity contribution is -0.139. The van der Waals surface area contributed by atoms with Crippen LogP contribution in [0.4, 0.5) is 5.69 Å². The summed E-state index contributed by atoms with van der Waals surface area (Å²) >= 11 is 0. The van der Waals surface area contributed by atoms with Crippen molar-refractivity contribution in [3.63, 3.8) is 0 Å². The number of rotatable bonds is 7. The molecule has 1 saturated heterocycles. The number of methoxy groups -OCH3 is 1. The van der Waals surface area contributed by atoms with Crippen molar-refractivity contribution in [1.29, 1.82) is 5.26 Å². The molecule has 1 fully saturated rings. The van der Waals surface area contributed by atoms with Crippen LogP contribution < -0.4 is 9.64 Å². The molecule has 0 aliphatic carbocycles. The maximum atomic E-state index is 14.4. The van der Waals surface area contributed by atoms with Gasteiger partial charge >= 0.3 is 0 Å². The van der Waals surface area contributed by atoms with E-state index in [1.54, 1.807) is 14.0 Å². The van der Waals surface area contributed by atoms with Crippen molar-refractivity contribution < 1.29 is 9.53 Å². The van der Waals surface area contributed by atoms with Crippen LogP contribution >= 0.6 is 0 Å². The summed E-state index contributed by atoms with van der Waals surface area (Å²) < 4.78 is 5.77. The first-order valence-electron chi connectivity index (χ1n) is 14.0. The fourth-order valence-corrected chi connectivity index (χ4v) is 6.01. The van der Waals surface area contributed by atoms with Crippen molar-refractivity contribution in [3.8, 4) is 11.8 Å². The van der Waals surface area contributed by atoms with Gasteiger partial charge in [-0.3, -0.25) is 4.79 Å². The van der Waals surface area contributed by atoms with Gasteiger partial charge in [0.1, 0.15) is 11.2 Å². The van der Waals surface area contributed by atoms with Crippen LogP contribution in [0.3, 0.4) is 0 Å². The number of fused-ring (bicyclic) bond motifs is 1. The smallest absolute Gasteiger partial charge is 0.243 e. The van der Waals surface area contributed by atoms with Crippen molar-refractivity contribution in [1.82, 2.24) is 4.90 Å². The highest BCUT2D eigenvalue weighted by Gasteiger charge is 2.47. The molecule has 5 heteroatoms. The molecule has 1 aliphatic rings. The number of amides is 1. The molecular weight excluding hydrogens is 494 g/mol. The predicted molar refractivity (Wildman–Crippen MR) is 162 cm³/mol. The summed E-state index contributed by atoms with van der Waals surface area (Å²) in [4.78, 5) is 18.6. The first-order chi connectivity index (χ1) is 19.4. The molecule has 0 aromatic heterocycles. The topological polar surface area (TPSA) is 56.6 Å². The Kier molecular flexibility index (Phi) is 7.80. The summed E-state index contributed by atoms with van der Waals surface area (Å²) in [5.41, 5.74) is 2.93. The largest absolute Gasteiger partial charge is 0.496 e. The van der Waals surface area contributed by atoms with Crippen LogP contribution in [-0.4, -0.2) is 44.1 Å². The van der Waals surface area contributed by atoms with E-state index in [1.807, 2.05) is 53.4 Å². The minimum absolute atomic E-state index is 0.144. The van der Waals surface area contributed by atoms with Gasteiger partial charge < -0.3 is 14.5 Å². The van der Waals surface area contributed by atoms with E-state index in [0.29, 0.717) is 24.8 Å². The third-order valence-corrected chi connectivity index (χ3v) is 8.31. The highest BCUT2D eigenvalue weighted by molar-refractivity contribution is 5.91. The van der Waals surface area contributed by atoms with Crippen LogP contribution in [0.2, 0.25) is 0 Å². The van der Waals surface area contributed by atoms with Crippen molar-refractivity contribution in [2.45, 2.75) is 32.6 Å². The number of para-hydroxylation sites is 1. The van der Waals surface area contributed by atoms with Gasteiger partial charge in [-0.1, -0.05) is 86.6 Å². The van der Waals surface area contributed by atoms with Crippen LogP contribution in [0.25, 0.3) is 10.8 Å². The maximum absolute atomic E-state index is 14.4. The molecule has 1 amide bonds. The second kappa shape index (κ2) is 11.4. The van der Waals surface area contributed by atoms with Gasteiger partial charge in [-0.15, -0.1) is 0 Å². The first kappa shape index (κ1) is 27.3. The van der Waals surface area contributed by atoms with E-state index in [9.17, 15) is 10.1 Å². The maximum Gasteiger partial charge on any atom is 0.243 e. The van der Waals surface area contributed by atoms with E-state index < -0.39 is 11.3 Å². The number of piperazine rings is 1. The Labute approximate surface area is 237 Å². The molecule has 1 aliphatic heterocycles. The fourth-order valence-electron chi connectivity index (χ4n) is 6.01. The number of nitriles is 1. The monoisotopic (exact) mass is 531 g/mol. The number of anilines is 1. The van der Waals surface area contributed by atoms with E-state index in [-0.39, 0.29) is 5.91 Å². The number of hydrogen-bond donors (Lipinski definition) is 0. The number of benzene rings is 4. The van der Waals surface area contributed by atoms with Crippen molar-refractivity contribution >= 4 is 22.4 Å². The number of carbonyl (C=O) groups is 1. The van der Waals surface area contributed by atoms with E-state index in [2.05, 4.69) is 67.3 Å². The van der Waals surface area contributed by atoms with Crippen LogP contribution in [-0.2, 0) is 4.79 Å². The zero-order chi connectivity index (χ0) is 28.3. The van der Waals surface area contributed by atoms with Gasteiger partial charge in [0.2, 0.25) is 5.91 Å². The Morgan fingerprint density at radius 2 is 1.52 bits per heavy atom. The van der Waals surface area contributed by atoms with Gasteiger partial charge in [0.25, 0.3) is 0 Å². The van der Waals surface area contributed by atoms with Crippen LogP contribution in [0.1, 0.15) is 49.3 Å². The van der Waals surface area contributed by atoms with Crippen molar-refractivity contribution in [2.24, 2.45) is 5.41 Å². The second-order valence-corrected chi connectivity index (χ2v) is 11.1. The summed E-state index contributed by atoms with van der Waals surface area (Å²) in [6.45, 7) is 8.78. The van der Waals surface area contributed by atoms with Crippen LogP contribution in [0.5, 0.6) is 5.75 Å². The summed E-state index contributed by atoms with van der Waals surface area (Å²) in [5.74, 6) is 0.465. The van der Waals surface area contributed by atoms with Crippen molar-refractivity contribution in [3.05, 3.63) is 108 Å². The third kappa shape index (κ3) is 5.02. The molecule has 5 rings (SSSR count). The average molecular weight is 532 g/mol. The van der Waals surface area contributed by atoms with Crippen LogP contribution in [0.15, 0.2) is 91.0 Å². The van der Waals surface area contributed by atoms with Crippen molar-refractivity contribution in [2.75, 3.05) is 38.2 Å². The zero-order valence-corrected chi connectivity index (χ0v) is 23.8. The Hall–Kier alpha value is -4.30. The number of hydrogen-bond acceptors (Lipinski definition) is 4.